The number of aromatic nitrogens is 1. The molecule has 0 bridgehead atoms. The van der Waals surface area contributed by atoms with Gasteiger partial charge in [-0.15, -0.1) is 11.3 Å². The summed E-state index contributed by atoms with van der Waals surface area (Å²) in [5.74, 6) is -1.96. The first kappa shape index (κ1) is 16.0. The molecule has 0 aliphatic rings. The molecule has 0 fully saturated rings. The molecule has 0 saturated carbocycles. The van der Waals surface area contributed by atoms with Crippen molar-refractivity contribution in [3.8, 4) is 0 Å². The van der Waals surface area contributed by atoms with Crippen LogP contribution in [0.3, 0.4) is 0 Å². The van der Waals surface area contributed by atoms with E-state index < -0.39 is 11.6 Å². The number of carbonyl (C=O) groups excluding carboxylic acids is 2. The Kier molecular flexibility index (Phi) is 5.16. The second-order valence-electron chi connectivity index (χ2n) is 4.51. The molecular formula is C14H13F2N3O2S. The van der Waals surface area contributed by atoms with Gasteiger partial charge in [0.05, 0.1) is 12.1 Å². The minimum atomic E-state index is -0.707. The molecule has 2 rings (SSSR count). The Hall–Kier alpha value is -2.35. The van der Waals surface area contributed by atoms with Crippen LogP contribution in [0.1, 0.15) is 18.2 Å². The van der Waals surface area contributed by atoms with E-state index in [1.54, 1.807) is 5.38 Å². The number of nitrogens with zero attached hydrogens (tertiary/aromatic N) is 1. The van der Waals surface area contributed by atoms with Gasteiger partial charge in [-0.05, 0) is 6.07 Å². The van der Waals surface area contributed by atoms with E-state index in [2.05, 4.69) is 15.6 Å². The van der Waals surface area contributed by atoms with Gasteiger partial charge < -0.3 is 10.6 Å². The lowest BCUT2D eigenvalue weighted by Gasteiger charge is -2.05. The van der Waals surface area contributed by atoms with Crippen molar-refractivity contribution in [2.75, 3.05) is 5.32 Å². The van der Waals surface area contributed by atoms with Crippen LogP contribution in [0, 0.1) is 11.6 Å². The van der Waals surface area contributed by atoms with Crippen LogP contribution in [0.25, 0.3) is 0 Å². The van der Waals surface area contributed by atoms with E-state index in [0.717, 1.165) is 12.1 Å². The Bertz CT molecular complexity index is 703. The fourth-order valence-corrected chi connectivity index (χ4v) is 2.44. The number of hydrogen-bond acceptors (Lipinski definition) is 4. The van der Waals surface area contributed by atoms with Crippen molar-refractivity contribution in [3.05, 3.63) is 46.5 Å². The lowest BCUT2D eigenvalue weighted by atomic mass is 10.2. The highest BCUT2D eigenvalue weighted by molar-refractivity contribution is 7.13. The van der Waals surface area contributed by atoms with Gasteiger partial charge in [0, 0.05) is 30.5 Å². The summed E-state index contributed by atoms with van der Waals surface area (Å²) in [5, 5.41) is 7.13. The lowest BCUT2D eigenvalue weighted by Crippen LogP contribution is -2.25. The van der Waals surface area contributed by atoms with Crippen molar-refractivity contribution in [3.63, 3.8) is 0 Å². The fourth-order valence-electron chi connectivity index (χ4n) is 1.68. The Balaban J connectivity index is 1.87. The van der Waals surface area contributed by atoms with Gasteiger partial charge in [-0.25, -0.2) is 13.8 Å². The zero-order chi connectivity index (χ0) is 16.1. The van der Waals surface area contributed by atoms with E-state index in [1.807, 2.05) is 0 Å². The van der Waals surface area contributed by atoms with E-state index >= 15 is 0 Å². The van der Waals surface area contributed by atoms with Gasteiger partial charge in [0.1, 0.15) is 11.6 Å². The van der Waals surface area contributed by atoms with E-state index in [1.165, 1.54) is 24.3 Å². The van der Waals surface area contributed by atoms with Gasteiger partial charge in [0.25, 0.3) is 0 Å². The van der Waals surface area contributed by atoms with E-state index in [0.29, 0.717) is 10.8 Å². The molecule has 2 aromatic rings. The summed E-state index contributed by atoms with van der Waals surface area (Å²) in [5.41, 5.74) is 0.706. The van der Waals surface area contributed by atoms with Gasteiger partial charge in [0.15, 0.2) is 5.13 Å². The van der Waals surface area contributed by atoms with Crippen LogP contribution in [-0.2, 0) is 22.6 Å². The minimum Gasteiger partial charge on any atom is -0.352 e. The summed E-state index contributed by atoms with van der Waals surface area (Å²) >= 11 is 1.21. The van der Waals surface area contributed by atoms with Gasteiger partial charge in [-0.1, -0.05) is 6.07 Å². The SMILES string of the molecule is CC(=O)Nc1nc(CC(=O)NCc2ccc(F)cc2F)cs1. The average molecular weight is 325 g/mol. The summed E-state index contributed by atoms with van der Waals surface area (Å²) < 4.78 is 26.2. The highest BCUT2D eigenvalue weighted by Gasteiger charge is 2.10. The van der Waals surface area contributed by atoms with Crippen molar-refractivity contribution < 1.29 is 18.4 Å². The molecule has 116 valence electrons. The average Bonchev–Trinajstić information content (AvgIpc) is 2.84. The van der Waals surface area contributed by atoms with Crippen LogP contribution in [0.15, 0.2) is 23.6 Å². The third-order valence-electron chi connectivity index (χ3n) is 2.67. The smallest absolute Gasteiger partial charge is 0.226 e. The lowest BCUT2D eigenvalue weighted by molar-refractivity contribution is -0.120. The molecule has 0 radical (unpaired) electrons. The fraction of sp³-hybridized carbons (Fsp3) is 0.214. The Labute approximate surface area is 129 Å². The predicted octanol–water partition coefficient (Wildman–Crippen LogP) is 2.24. The topological polar surface area (TPSA) is 71.1 Å². The van der Waals surface area contributed by atoms with E-state index in [-0.39, 0.29) is 30.3 Å². The van der Waals surface area contributed by atoms with Crippen LogP contribution in [0.5, 0.6) is 0 Å². The third-order valence-corrected chi connectivity index (χ3v) is 3.47. The number of halogens is 2. The highest BCUT2D eigenvalue weighted by atomic mass is 32.1. The van der Waals surface area contributed by atoms with Crippen LogP contribution >= 0.6 is 11.3 Å². The van der Waals surface area contributed by atoms with Crippen LogP contribution in [-0.4, -0.2) is 16.8 Å². The number of hydrogen-bond donors (Lipinski definition) is 2. The molecule has 2 N–H and O–H groups in total. The number of amides is 2. The number of carbonyl (C=O) groups is 2. The minimum absolute atomic E-state index is 0.0128. The normalized spacial score (nSPS) is 10.3. The van der Waals surface area contributed by atoms with Crippen molar-refractivity contribution in [1.82, 2.24) is 10.3 Å². The zero-order valence-electron chi connectivity index (χ0n) is 11.7. The van der Waals surface area contributed by atoms with Crippen LogP contribution in [0.4, 0.5) is 13.9 Å². The van der Waals surface area contributed by atoms with E-state index in [9.17, 15) is 18.4 Å². The number of nitrogens with one attached hydrogen (secondary N) is 2. The highest BCUT2D eigenvalue weighted by Crippen LogP contribution is 2.15. The number of rotatable bonds is 5. The third kappa shape index (κ3) is 4.59. The maximum atomic E-state index is 13.4. The van der Waals surface area contributed by atoms with Gasteiger partial charge in [0.2, 0.25) is 11.8 Å². The Morgan fingerprint density at radius 3 is 2.77 bits per heavy atom. The monoisotopic (exact) mass is 325 g/mol. The zero-order valence-corrected chi connectivity index (χ0v) is 12.5. The second-order valence-corrected chi connectivity index (χ2v) is 5.37. The maximum Gasteiger partial charge on any atom is 0.226 e. The molecule has 0 atom stereocenters. The molecule has 0 spiro atoms. The molecule has 1 heterocycles. The summed E-state index contributed by atoms with van der Waals surface area (Å²) in [6.07, 6.45) is 0.0128. The molecule has 5 nitrogen and oxygen atoms in total. The molecule has 22 heavy (non-hydrogen) atoms. The summed E-state index contributed by atoms with van der Waals surface area (Å²) in [6.45, 7) is 1.33. The first-order valence-electron chi connectivity index (χ1n) is 6.36. The molecule has 1 aromatic carbocycles. The van der Waals surface area contributed by atoms with E-state index in [4.69, 9.17) is 0 Å². The van der Waals surface area contributed by atoms with Crippen molar-refractivity contribution >= 4 is 28.3 Å². The molecular weight excluding hydrogens is 312 g/mol. The van der Waals surface area contributed by atoms with Crippen molar-refractivity contribution in [1.29, 1.82) is 0 Å². The molecule has 1 aromatic heterocycles. The van der Waals surface area contributed by atoms with Crippen LogP contribution < -0.4 is 10.6 Å². The second kappa shape index (κ2) is 7.08. The molecule has 0 unspecified atom stereocenters. The summed E-state index contributed by atoms with van der Waals surface area (Å²) in [4.78, 5) is 26.7. The molecule has 0 saturated heterocycles. The summed E-state index contributed by atoms with van der Waals surface area (Å²) in [6, 6.07) is 3.18. The number of thiazole rings is 1. The molecule has 2 amide bonds. The standard InChI is InChI=1S/C14H13F2N3O2S/c1-8(20)18-14-19-11(7-22-14)5-13(21)17-6-9-2-3-10(15)4-12(9)16/h2-4,7H,5-6H2,1H3,(H,17,21)(H,18,19,20). The number of benzene rings is 1. The maximum absolute atomic E-state index is 13.4. The van der Waals surface area contributed by atoms with Gasteiger partial charge >= 0.3 is 0 Å². The quantitative estimate of drug-likeness (QED) is 0.885. The first-order chi connectivity index (χ1) is 10.4. The first-order valence-corrected chi connectivity index (χ1v) is 7.24. The predicted molar refractivity (Wildman–Crippen MR) is 78.3 cm³/mol. The number of anilines is 1. The van der Waals surface area contributed by atoms with Crippen molar-refractivity contribution in [2.24, 2.45) is 0 Å². The molecule has 0 aliphatic heterocycles. The Morgan fingerprint density at radius 2 is 2.09 bits per heavy atom. The summed E-state index contributed by atoms with van der Waals surface area (Å²) in [7, 11) is 0. The Morgan fingerprint density at radius 1 is 1.32 bits per heavy atom. The molecule has 8 heteroatoms. The van der Waals surface area contributed by atoms with Crippen molar-refractivity contribution in [2.45, 2.75) is 19.9 Å². The van der Waals surface area contributed by atoms with Gasteiger partial charge in [-0.3, -0.25) is 9.59 Å². The largest absolute Gasteiger partial charge is 0.352 e. The van der Waals surface area contributed by atoms with Crippen LogP contribution in [0.2, 0.25) is 0 Å². The molecule has 0 aliphatic carbocycles. The van der Waals surface area contributed by atoms with Gasteiger partial charge in [-0.2, -0.15) is 0 Å².